The van der Waals surface area contributed by atoms with Crippen molar-refractivity contribution in [1.82, 2.24) is 5.32 Å². The largest absolute Gasteiger partial charge is 0.352 e. The van der Waals surface area contributed by atoms with Gasteiger partial charge in [0.2, 0.25) is 5.91 Å². The summed E-state index contributed by atoms with van der Waals surface area (Å²) in [5.41, 5.74) is 1.29. The molecule has 0 saturated heterocycles. The number of halogens is 1. The summed E-state index contributed by atoms with van der Waals surface area (Å²) in [4.78, 5) is 13.0. The summed E-state index contributed by atoms with van der Waals surface area (Å²) in [6.07, 6.45) is 4.58. The van der Waals surface area contributed by atoms with Crippen LogP contribution in [-0.4, -0.2) is 26.9 Å². The van der Waals surface area contributed by atoms with Gasteiger partial charge in [-0.15, -0.1) is 0 Å². The number of anilines is 1. The molecule has 0 aliphatic heterocycles. The first-order valence-electron chi connectivity index (χ1n) is 9.98. The molecule has 2 aromatic carbocycles. The Bertz CT molecular complexity index is 1010. The molecular formula is C22H25ClN2O3S. The molecule has 0 unspecified atom stereocenters. The first kappa shape index (κ1) is 20.2. The van der Waals surface area contributed by atoms with Gasteiger partial charge in [0.1, 0.15) is 6.54 Å². The van der Waals surface area contributed by atoms with Crippen molar-refractivity contribution in [3.05, 3.63) is 59.1 Å². The number of aryl methyl sites for hydroxylation is 1. The van der Waals surface area contributed by atoms with Crippen LogP contribution in [0.4, 0.5) is 5.69 Å². The van der Waals surface area contributed by atoms with Crippen LogP contribution in [0, 0.1) is 18.8 Å². The third-order valence-electron chi connectivity index (χ3n) is 6.16. The smallest absolute Gasteiger partial charge is 0.264 e. The fourth-order valence-corrected chi connectivity index (χ4v) is 6.29. The molecule has 5 nitrogen and oxygen atoms in total. The summed E-state index contributed by atoms with van der Waals surface area (Å²) in [6.45, 7) is 1.59. The van der Waals surface area contributed by atoms with E-state index in [1.807, 2.05) is 19.1 Å². The molecule has 2 aliphatic carbocycles. The Hall–Kier alpha value is -2.05. The van der Waals surface area contributed by atoms with Gasteiger partial charge in [0.15, 0.2) is 0 Å². The molecule has 2 aliphatic rings. The van der Waals surface area contributed by atoms with E-state index in [0.29, 0.717) is 22.5 Å². The van der Waals surface area contributed by atoms with Crippen LogP contribution >= 0.6 is 11.6 Å². The topological polar surface area (TPSA) is 66.5 Å². The summed E-state index contributed by atoms with van der Waals surface area (Å²) in [5.74, 6) is 0.975. The van der Waals surface area contributed by atoms with Crippen molar-refractivity contribution in [2.45, 2.75) is 43.5 Å². The van der Waals surface area contributed by atoms with Gasteiger partial charge >= 0.3 is 0 Å². The van der Waals surface area contributed by atoms with Crippen LogP contribution in [0.15, 0.2) is 53.4 Å². The number of benzene rings is 2. The second kappa shape index (κ2) is 8.00. The minimum absolute atomic E-state index is 0.109. The van der Waals surface area contributed by atoms with E-state index >= 15 is 0 Å². The van der Waals surface area contributed by atoms with Crippen LogP contribution in [-0.2, 0) is 14.8 Å². The van der Waals surface area contributed by atoms with E-state index < -0.39 is 10.0 Å². The van der Waals surface area contributed by atoms with Gasteiger partial charge < -0.3 is 5.32 Å². The Morgan fingerprint density at radius 2 is 1.83 bits per heavy atom. The summed E-state index contributed by atoms with van der Waals surface area (Å²) in [6, 6.07) is 13.4. The predicted molar refractivity (Wildman–Crippen MR) is 115 cm³/mol. The van der Waals surface area contributed by atoms with E-state index in [4.69, 9.17) is 11.6 Å². The van der Waals surface area contributed by atoms with Crippen molar-refractivity contribution in [3.8, 4) is 0 Å². The van der Waals surface area contributed by atoms with Crippen LogP contribution in [0.3, 0.4) is 0 Å². The molecule has 2 fully saturated rings. The molecule has 2 bridgehead atoms. The van der Waals surface area contributed by atoms with Crippen LogP contribution in [0.2, 0.25) is 5.02 Å². The highest BCUT2D eigenvalue weighted by Gasteiger charge is 2.40. The molecular weight excluding hydrogens is 408 g/mol. The van der Waals surface area contributed by atoms with Gasteiger partial charge in [-0.2, -0.15) is 0 Å². The number of hydrogen-bond donors (Lipinski definition) is 1. The van der Waals surface area contributed by atoms with Crippen molar-refractivity contribution >= 4 is 33.2 Å². The van der Waals surface area contributed by atoms with Gasteiger partial charge in [0, 0.05) is 11.1 Å². The monoisotopic (exact) mass is 432 g/mol. The summed E-state index contributed by atoms with van der Waals surface area (Å²) < 4.78 is 28.0. The number of amides is 1. The Morgan fingerprint density at radius 3 is 2.45 bits per heavy atom. The second-order valence-electron chi connectivity index (χ2n) is 8.10. The van der Waals surface area contributed by atoms with Gasteiger partial charge in [0.25, 0.3) is 10.0 Å². The quantitative estimate of drug-likeness (QED) is 0.745. The molecule has 4 rings (SSSR count). The van der Waals surface area contributed by atoms with Crippen LogP contribution in [0.1, 0.15) is 31.2 Å². The number of para-hydroxylation sites is 1. The number of nitrogens with one attached hydrogen (secondary N) is 1. The fraction of sp³-hybridized carbons (Fsp3) is 0.409. The minimum atomic E-state index is -3.92. The standard InChI is InChI=1S/C22H25ClN2O3S/c1-15-4-2-3-5-21(15)25(29(27,28)19-10-8-18(23)9-11-19)14-22(26)24-20-13-16-6-7-17(20)12-16/h2-5,8-11,16-17,20H,6-7,12-14H2,1H3,(H,24,26)/t16-,17-,20-/m1/s1. The van der Waals surface area contributed by atoms with Gasteiger partial charge in [0.05, 0.1) is 10.6 Å². The van der Waals surface area contributed by atoms with E-state index in [1.165, 1.54) is 29.3 Å². The van der Waals surface area contributed by atoms with Crippen molar-refractivity contribution in [3.63, 3.8) is 0 Å². The Labute approximate surface area is 177 Å². The third-order valence-corrected chi connectivity index (χ3v) is 8.18. The Kier molecular flexibility index (Phi) is 5.58. The molecule has 3 atom stereocenters. The van der Waals surface area contributed by atoms with E-state index in [2.05, 4.69) is 5.32 Å². The molecule has 154 valence electrons. The Balaban J connectivity index is 1.61. The van der Waals surface area contributed by atoms with E-state index in [9.17, 15) is 13.2 Å². The molecule has 2 aromatic rings. The number of sulfonamides is 1. The number of hydrogen-bond acceptors (Lipinski definition) is 3. The maximum atomic E-state index is 13.4. The zero-order chi connectivity index (χ0) is 20.6. The van der Waals surface area contributed by atoms with Crippen LogP contribution in [0.25, 0.3) is 0 Å². The first-order valence-corrected chi connectivity index (χ1v) is 11.8. The molecule has 7 heteroatoms. The third kappa shape index (κ3) is 4.14. The lowest BCUT2D eigenvalue weighted by molar-refractivity contribution is -0.120. The lowest BCUT2D eigenvalue weighted by Gasteiger charge is -2.28. The van der Waals surface area contributed by atoms with Gasteiger partial charge in [-0.25, -0.2) is 8.42 Å². The number of carbonyl (C=O) groups excluding carboxylic acids is 1. The summed E-state index contributed by atoms with van der Waals surface area (Å²) in [7, 11) is -3.92. The molecule has 29 heavy (non-hydrogen) atoms. The molecule has 0 radical (unpaired) electrons. The molecule has 0 heterocycles. The van der Waals surface area contributed by atoms with Crippen molar-refractivity contribution in [2.75, 3.05) is 10.8 Å². The molecule has 1 N–H and O–H groups in total. The zero-order valence-electron chi connectivity index (χ0n) is 16.3. The van der Waals surface area contributed by atoms with Crippen molar-refractivity contribution < 1.29 is 13.2 Å². The number of carbonyl (C=O) groups is 1. The lowest BCUT2D eigenvalue weighted by Crippen LogP contribution is -2.46. The van der Waals surface area contributed by atoms with Crippen molar-refractivity contribution in [1.29, 1.82) is 0 Å². The first-order chi connectivity index (χ1) is 13.8. The van der Waals surface area contributed by atoms with Gasteiger partial charge in [-0.05, 0) is 73.9 Å². The van der Waals surface area contributed by atoms with Gasteiger partial charge in [-0.1, -0.05) is 36.2 Å². The summed E-state index contributed by atoms with van der Waals surface area (Å²) in [5, 5.41) is 3.56. The number of nitrogens with zero attached hydrogens (tertiary/aromatic N) is 1. The second-order valence-corrected chi connectivity index (χ2v) is 10.4. The van der Waals surface area contributed by atoms with Crippen LogP contribution < -0.4 is 9.62 Å². The maximum Gasteiger partial charge on any atom is 0.264 e. The predicted octanol–water partition coefficient (Wildman–Crippen LogP) is 4.15. The minimum Gasteiger partial charge on any atom is -0.352 e. The highest BCUT2D eigenvalue weighted by Crippen LogP contribution is 2.44. The van der Waals surface area contributed by atoms with Crippen LogP contribution in [0.5, 0.6) is 0 Å². The fourth-order valence-electron chi connectivity index (χ4n) is 4.68. The summed E-state index contributed by atoms with van der Waals surface area (Å²) >= 11 is 5.92. The molecule has 0 spiro atoms. The van der Waals surface area contributed by atoms with E-state index in [1.54, 1.807) is 24.3 Å². The SMILES string of the molecule is Cc1ccccc1N(CC(=O)N[C@@H]1C[C@@H]2CC[C@@H]1C2)S(=O)(=O)c1ccc(Cl)cc1. The van der Waals surface area contributed by atoms with Crippen molar-refractivity contribution in [2.24, 2.45) is 11.8 Å². The lowest BCUT2D eigenvalue weighted by atomic mass is 9.95. The zero-order valence-corrected chi connectivity index (χ0v) is 17.9. The highest BCUT2D eigenvalue weighted by atomic mass is 35.5. The Morgan fingerprint density at radius 1 is 1.10 bits per heavy atom. The average Bonchev–Trinajstić information content (AvgIpc) is 3.30. The molecule has 0 aromatic heterocycles. The normalized spacial score (nSPS) is 23.2. The van der Waals surface area contributed by atoms with E-state index in [0.717, 1.165) is 18.4 Å². The van der Waals surface area contributed by atoms with E-state index in [-0.39, 0.29) is 23.4 Å². The maximum absolute atomic E-state index is 13.4. The molecule has 2 saturated carbocycles. The molecule has 1 amide bonds. The average molecular weight is 433 g/mol. The highest BCUT2D eigenvalue weighted by molar-refractivity contribution is 7.92. The number of fused-ring (bicyclic) bond motifs is 2. The number of rotatable bonds is 6. The van der Waals surface area contributed by atoms with Gasteiger partial charge in [-0.3, -0.25) is 9.10 Å².